The maximum Gasteiger partial charge on any atom is 0.422 e. The average molecular weight is 427 g/mol. The first-order valence-electron chi connectivity index (χ1n) is 8.49. The van der Waals surface area contributed by atoms with Gasteiger partial charge >= 0.3 is 12.1 Å². The molecule has 29 heavy (non-hydrogen) atoms. The van der Waals surface area contributed by atoms with E-state index in [1.165, 1.54) is 40.6 Å². The summed E-state index contributed by atoms with van der Waals surface area (Å²) in [5, 5.41) is 9.46. The summed E-state index contributed by atoms with van der Waals surface area (Å²) in [5.41, 5.74) is 0.462. The number of carbonyl (C=O) groups is 1. The predicted molar refractivity (Wildman–Crippen MR) is 101 cm³/mol. The fraction of sp³-hybridized carbons (Fsp3) is 0.278. The lowest BCUT2D eigenvalue weighted by atomic mass is 10.3. The Labute approximate surface area is 166 Å². The van der Waals surface area contributed by atoms with Crippen LogP contribution in [0.15, 0.2) is 46.5 Å². The normalized spacial score (nSPS) is 11.7. The highest BCUT2D eigenvalue weighted by molar-refractivity contribution is 7.99. The number of hydrogen-bond acceptors (Lipinski definition) is 5. The van der Waals surface area contributed by atoms with Gasteiger partial charge in [0, 0.05) is 18.4 Å². The van der Waals surface area contributed by atoms with Gasteiger partial charge < -0.3 is 14.8 Å². The molecule has 3 aromatic rings. The third-order valence-electron chi connectivity index (χ3n) is 3.82. The second kappa shape index (κ2) is 8.60. The maximum atomic E-state index is 12.9. The summed E-state index contributed by atoms with van der Waals surface area (Å²) in [4.78, 5) is 30.9. The molecular weight excluding hydrogens is 411 g/mol. The number of halogens is 3. The Morgan fingerprint density at radius 2 is 1.97 bits per heavy atom. The van der Waals surface area contributed by atoms with E-state index in [0.717, 1.165) is 0 Å². The number of fused-ring (bicyclic) bond motifs is 1. The molecule has 7 nitrogen and oxygen atoms in total. The monoisotopic (exact) mass is 427 g/mol. The van der Waals surface area contributed by atoms with Crippen molar-refractivity contribution in [3.8, 4) is 11.4 Å². The number of carboxylic acids is 1. The molecule has 0 aliphatic heterocycles. The highest BCUT2D eigenvalue weighted by Gasteiger charge is 2.28. The molecular formula is C18H16F3N3O4S. The fourth-order valence-corrected chi connectivity index (χ4v) is 3.49. The molecule has 0 amide bonds. The number of aliphatic carboxylic acids is 1. The molecule has 11 heteroatoms. The first-order valence-corrected chi connectivity index (χ1v) is 9.48. The number of benzene rings is 1. The van der Waals surface area contributed by atoms with E-state index in [9.17, 15) is 22.8 Å². The smallest absolute Gasteiger partial charge is 0.422 e. The zero-order valence-electron chi connectivity index (χ0n) is 14.9. The highest BCUT2D eigenvalue weighted by atomic mass is 32.2. The minimum Gasteiger partial charge on any atom is -0.484 e. The molecule has 154 valence electrons. The molecule has 3 rings (SSSR count). The van der Waals surface area contributed by atoms with Crippen LogP contribution < -0.4 is 10.3 Å². The molecule has 0 bridgehead atoms. The minimum absolute atomic E-state index is 0.00673. The number of nitrogens with zero attached hydrogens (tertiary/aromatic N) is 2. The molecule has 0 aliphatic carbocycles. The van der Waals surface area contributed by atoms with E-state index < -0.39 is 18.8 Å². The number of carboxylic acid groups (broad SMARTS) is 1. The number of aromatic nitrogens is 3. The van der Waals surface area contributed by atoms with Crippen molar-refractivity contribution in [1.29, 1.82) is 0 Å². The Bertz CT molecular complexity index is 1060. The van der Waals surface area contributed by atoms with E-state index in [2.05, 4.69) is 14.7 Å². The van der Waals surface area contributed by atoms with Crippen LogP contribution in [0.3, 0.4) is 0 Å². The van der Waals surface area contributed by atoms with Crippen LogP contribution in [0.2, 0.25) is 0 Å². The zero-order valence-corrected chi connectivity index (χ0v) is 15.7. The van der Waals surface area contributed by atoms with Crippen molar-refractivity contribution in [3.63, 3.8) is 0 Å². The number of ether oxygens (including phenoxy) is 1. The van der Waals surface area contributed by atoms with Crippen molar-refractivity contribution < 1.29 is 27.8 Å². The van der Waals surface area contributed by atoms with Crippen LogP contribution in [-0.2, 0) is 4.79 Å². The van der Waals surface area contributed by atoms with Gasteiger partial charge in [0.15, 0.2) is 11.8 Å². The number of hydrogen-bond donors (Lipinski definition) is 2. The number of H-pyrrole nitrogens is 1. The summed E-state index contributed by atoms with van der Waals surface area (Å²) < 4.78 is 42.9. The zero-order chi connectivity index (χ0) is 21.0. The summed E-state index contributed by atoms with van der Waals surface area (Å²) in [6.07, 6.45) is -2.48. The second-order valence-corrected chi connectivity index (χ2v) is 7.08. The molecule has 0 aliphatic rings. The summed E-state index contributed by atoms with van der Waals surface area (Å²) >= 11 is 1.22. The topological polar surface area (TPSA) is 97.2 Å². The summed E-state index contributed by atoms with van der Waals surface area (Å²) in [5.74, 6) is -0.465. The van der Waals surface area contributed by atoms with Crippen LogP contribution in [0.4, 0.5) is 13.2 Å². The van der Waals surface area contributed by atoms with Crippen LogP contribution in [0, 0.1) is 0 Å². The molecule has 2 aromatic heterocycles. The lowest BCUT2D eigenvalue weighted by Gasteiger charge is -2.13. The van der Waals surface area contributed by atoms with Gasteiger partial charge in [0.1, 0.15) is 11.4 Å². The van der Waals surface area contributed by atoms with Gasteiger partial charge in [-0.15, -0.1) is 0 Å². The molecule has 0 spiro atoms. The van der Waals surface area contributed by atoms with Gasteiger partial charge in [0.05, 0.1) is 11.1 Å². The van der Waals surface area contributed by atoms with E-state index in [1.807, 2.05) is 0 Å². The number of aromatic amines is 1. The van der Waals surface area contributed by atoms with E-state index >= 15 is 0 Å². The highest BCUT2D eigenvalue weighted by Crippen LogP contribution is 2.24. The van der Waals surface area contributed by atoms with Crippen LogP contribution in [-0.4, -0.2) is 44.1 Å². The van der Waals surface area contributed by atoms with Crippen LogP contribution in [0.25, 0.3) is 16.7 Å². The summed E-state index contributed by atoms with van der Waals surface area (Å²) in [6.45, 7) is -1.41. The van der Waals surface area contributed by atoms with Gasteiger partial charge in [0.25, 0.3) is 5.56 Å². The fourth-order valence-electron chi connectivity index (χ4n) is 2.55. The first-order chi connectivity index (χ1) is 13.7. The average Bonchev–Trinajstić information content (AvgIpc) is 3.12. The molecule has 0 fully saturated rings. The Hall–Kier alpha value is -2.95. The molecule has 0 radical (unpaired) electrons. The second-order valence-electron chi connectivity index (χ2n) is 6.02. The molecule has 0 saturated heterocycles. The molecule has 0 saturated carbocycles. The van der Waals surface area contributed by atoms with Crippen molar-refractivity contribution in [2.24, 2.45) is 0 Å². The third kappa shape index (κ3) is 5.31. The number of rotatable bonds is 8. The lowest BCUT2D eigenvalue weighted by molar-refractivity contribution is -0.153. The summed E-state index contributed by atoms with van der Waals surface area (Å²) in [6, 6.07) is 7.20. The van der Waals surface area contributed by atoms with E-state index in [0.29, 0.717) is 34.1 Å². The van der Waals surface area contributed by atoms with Gasteiger partial charge in [0.2, 0.25) is 0 Å². The van der Waals surface area contributed by atoms with Crippen molar-refractivity contribution in [1.82, 2.24) is 14.5 Å². The van der Waals surface area contributed by atoms with Crippen LogP contribution in [0.5, 0.6) is 5.75 Å². The van der Waals surface area contributed by atoms with E-state index in [-0.39, 0.29) is 17.7 Å². The predicted octanol–water partition coefficient (Wildman–Crippen LogP) is 3.61. The number of alkyl halides is 3. The van der Waals surface area contributed by atoms with E-state index in [1.54, 1.807) is 12.3 Å². The molecule has 2 N–H and O–H groups in total. The Balaban J connectivity index is 1.90. The maximum absolute atomic E-state index is 12.9. The summed E-state index contributed by atoms with van der Waals surface area (Å²) in [7, 11) is 0. The van der Waals surface area contributed by atoms with Crippen LogP contribution in [0.1, 0.15) is 12.8 Å². The number of thioether (sulfide) groups is 1. The van der Waals surface area contributed by atoms with Crippen molar-refractivity contribution in [2.45, 2.75) is 24.2 Å². The van der Waals surface area contributed by atoms with Gasteiger partial charge in [-0.25, -0.2) is 4.98 Å². The molecule has 1 aromatic carbocycles. The molecule has 0 atom stereocenters. The largest absolute Gasteiger partial charge is 0.484 e. The first kappa shape index (κ1) is 20.8. The van der Waals surface area contributed by atoms with Crippen LogP contribution >= 0.6 is 11.8 Å². The van der Waals surface area contributed by atoms with Gasteiger partial charge in [-0.1, -0.05) is 11.8 Å². The number of nitrogens with one attached hydrogen (secondary N) is 1. The van der Waals surface area contributed by atoms with Gasteiger partial charge in [-0.2, -0.15) is 13.2 Å². The Morgan fingerprint density at radius 3 is 2.62 bits per heavy atom. The quantitative estimate of drug-likeness (QED) is 0.324. The standard InChI is InChI=1S/C18H16F3N3O4S/c19-18(20,21)10-28-12-5-3-11(4-6-12)24-16(27)13-7-8-22-15(13)23-17(24)29-9-1-2-14(25)26/h3-8,22H,1-2,9-10H2,(H,25,26). The van der Waals surface area contributed by atoms with Gasteiger partial charge in [-0.05, 0) is 36.8 Å². The van der Waals surface area contributed by atoms with Crippen molar-refractivity contribution >= 4 is 28.8 Å². The van der Waals surface area contributed by atoms with Gasteiger partial charge in [-0.3, -0.25) is 14.2 Å². The van der Waals surface area contributed by atoms with Crippen molar-refractivity contribution in [3.05, 3.63) is 46.9 Å². The van der Waals surface area contributed by atoms with E-state index in [4.69, 9.17) is 5.11 Å². The molecule has 0 unspecified atom stereocenters. The molecule has 2 heterocycles. The third-order valence-corrected chi connectivity index (χ3v) is 4.85. The Kier molecular flexibility index (Phi) is 6.16. The SMILES string of the molecule is O=C(O)CCCSc1nc2[nH]ccc2c(=O)n1-c1ccc(OCC(F)(F)F)cc1. The minimum atomic E-state index is -4.45. The van der Waals surface area contributed by atoms with Crippen molar-refractivity contribution in [2.75, 3.05) is 12.4 Å². The Morgan fingerprint density at radius 1 is 1.24 bits per heavy atom. The lowest BCUT2D eigenvalue weighted by Crippen LogP contribution is -2.21.